The Morgan fingerprint density at radius 3 is 3.00 bits per heavy atom. The molecule has 0 bridgehead atoms. The first-order valence-electron chi connectivity index (χ1n) is 7.71. The number of benzene rings is 1. The van der Waals surface area contributed by atoms with Crippen LogP contribution >= 0.6 is 11.6 Å². The van der Waals surface area contributed by atoms with Crippen molar-refractivity contribution >= 4 is 29.1 Å². The Bertz CT molecular complexity index is 623. The summed E-state index contributed by atoms with van der Waals surface area (Å²) in [5.41, 5.74) is -0.413. The van der Waals surface area contributed by atoms with Gasteiger partial charge in [-0.3, -0.25) is 9.59 Å². The standard InChI is InChI=1S/C16H18ClFN2O3/c17-14(18)16(22)20-7-2-1-3-12(20)15(21)19-11-4-5-13-10(9-11)6-8-23-13/h4-5,9,12,14H,1-3,6-8H2,(H,19,21). The molecule has 124 valence electrons. The number of carbonyl (C=O) groups is 2. The predicted molar refractivity (Wildman–Crippen MR) is 84.4 cm³/mol. The molecule has 23 heavy (non-hydrogen) atoms. The van der Waals surface area contributed by atoms with Gasteiger partial charge >= 0.3 is 0 Å². The zero-order valence-electron chi connectivity index (χ0n) is 12.6. The Morgan fingerprint density at radius 2 is 2.22 bits per heavy atom. The maximum atomic E-state index is 13.1. The number of nitrogens with zero attached hydrogens (tertiary/aromatic N) is 1. The molecule has 1 saturated heterocycles. The van der Waals surface area contributed by atoms with Gasteiger partial charge < -0.3 is 15.0 Å². The summed E-state index contributed by atoms with van der Waals surface area (Å²) in [5, 5.41) is 2.81. The topological polar surface area (TPSA) is 58.6 Å². The third-order valence-electron chi connectivity index (χ3n) is 4.23. The molecule has 1 aromatic carbocycles. The van der Waals surface area contributed by atoms with Crippen molar-refractivity contribution in [2.24, 2.45) is 0 Å². The van der Waals surface area contributed by atoms with Gasteiger partial charge in [0.15, 0.2) is 0 Å². The zero-order valence-corrected chi connectivity index (χ0v) is 13.3. The molecule has 1 aromatic rings. The first-order valence-corrected chi connectivity index (χ1v) is 8.15. The van der Waals surface area contributed by atoms with E-state index in [2.05, 4.69) is 5.32 Å². The van der Waals surface area contributed by atoms with Gasteiger partial charge in [0, 0.05) is 18.7 Å². The van der Waals surface area contributed by atoms with Crippen LogP contribution in [0, 0.1) is 0 Å². The fourth-order valence-electron chi connectivity index (χ4n) is 3.08. The largest absolute Gasteiger partial charge is 0.493 e. The summed E-state index contributed by atoms with van der Waals surface area (Å²) in [6, 6.07) is 4.77. The molecule has 2 amide bonds. The van der Waals surface area contributed by atoms with E-state index in [1.165, 1.54) is 4.90 Å². The van der Waals surface area contributed by atoms with Crippen molar-refractivity contribution in [1.82, 2.24) is 4.90 Å². The molecule has 0 aromatic heterocycles. The van der Waals surface area contributed by atoms with Crippen LogP contribution in [0.1, 0.15) is 24.8 Å². The van der Waals surface area contributed by atoms with Gasteiger partial charge in [0.25, 0.3) is 11.5 Å². The predicted octanol–water partition coefficient (Wildman–Crippen LogP) is 2.48. The van der Waals surface area contributed by atoms with Crippen LogP contribution in [0.2, 0.25) is 0 Å². The van der Waals surface area contributed by atoms with Gasteiger partial charge in [-0.1, -0.05) is 11.6 Å². The van der Waals surface area contributed by atoms with E-state index in [9.17, 15) is 14.0 Å². The van der Waals surface area contributed by atoms with Crippen molar-refractivity contribution in [2.75, 3.05) is 18.5 Å². The molecular formula is C16H18ClFN2O3. The third-order valence-corrected chi connectivity index (χ3v) is 4.42. The second kappa shape index (κ2) is 6.74. The molecule has 1 fully saturated rings. The highest BCUT2D eigenvalue weighted by atomic mass is 35.5. The fraction of sp³-hybridized carbons (Fsp3) is 0.500. The first-order chi connectivity index (χ1) is 11.1. The minimum absolute atomic E-state index is 0.311. The highest BCUT2D eigenvalue weighted by Crippen LogP contribution is 2.28. The SMILES string of the molecule is O=C(Nc1ccc2c(c1)CCO2)C1CCCCN1C(=O)C(F)Cl. The Hall–Kier alpha value is -1.82. The van der Waals surface area contributed by atoms with Crippen LogP contribution in [0.25, 0.3) is 0 Å². The molecule has 7 heteroatoms. The van der Waals surface area contributed by atoms with Crippen molar-refractivity contribution < 1.29 is 18.7 Å². The van der Waals surface area contributed by atoms with Gasteiger partial charge in [-0.2, -0.15) is 0 Å². The lowest BCUT2D eigenvalue weighted by atomic mass is 10.0. The number of rotatable bonds is 3. The Morgan fingerprint density at radius 1 is 1.39 bits per heavy atom. The van der Waals surface area contributed by atoms with Crippen LogP contribution < -0.4 is 10.1 Å². The van der Waals surface area contributed by atoms with Crippen LogP contribution in [0.4, 0.5) is 10.1 Å². The first kappa shape index (κ1) is 16.1. The molecule has 0 saturated carbocycles. The molecule has 2 aliphatic heterocycles. The number of hydrogen-bond donors (Lipinski definition) is 1. The van der Waals surface area contributed by atoms with E-state index in [0.717, 1.165) is 30.6 Å². The maximum absolute atomic E-state index is 13.1. The normalized spacial score (nSPS) is 21.3. The molecule has 0 spiro atoms. The van der Waals surface area contributed by atoms with Crippen LogP contribution in [0.15, 0.2) is 18.2 Å². The van der Waals surface area contributed by atoms with Gasteiger partial charge in [-0.25, -0.2) is 4.39 Å². The molecule has 2 heterocycles. The smallest absolute Gasteiger partial charge is 0.273 e. The van der Waals surface area contributed by atoms with Crippen LogP contribution in [0.3, 0.4) is 0 Å². The average molecular weight is 341 g/mol. The van der Waals surface area contributed by atoms with E-state index in [4.69, 9.17) is 16.3 Å². The minimum Gasteiger partial charge on any atom is -0.493 e. The zero-order chi connectivity index (χ0) is 16.4. The molecule has 2 unspecified atom stereocenters. The van der Waals surface area contributed by atoms with Gasteiger partial charge in [0.1, 0.15) is 11.8 Å². The summed E-state index contributed by atoms with van der Waals surface area (Å²) >= 11 is 5.25. The summed E-state index contributed by atoms with van der Waals surface area (Å²) in [7, 11) is 0. The van der Waals surface area contributed by atoms with Crippen LogP contribution in [-0.2, 0) is 16.0 Å². The molecule has 0 aliphatic carbocycles. The van der Waals surface area contributed by atoms with Gasteiger partial charge in [-0.15, -0.1) is 0 Å². The second-order valence-corrected chi connectivity index (χ2v) is 6.14. The average Bonchev–Trinajstić information content (AvgIpc) is 3.01. The number of nitrogens with one attached hydrogen (secondary N) is 1. The van der Waals surface area contributed by atoms with E-state index in [0.29, 0.717) is 25.3 Å². The lowest BCUT2D eigenvalue weighted by Gasteiger charge is -2.34. The van der Waals surface area contributed by atoms with Gasteiger partial charge in [0.05, 0.1) is 6.61 Å². The molecule has 2 atom stereocenters. The lowest BCUT2D eigenvalue weighted by Crippen LogP contribution is -2.51. The summed E-state index contributed by atoms with van der Waals surface area (Å²) in [4.78, 5) is 25.6. The quantitative estimate of drug-likeness (QED) is 0.860. The van der Waals surface area contributed by atoms with Crippen molar-refractivity contribution in [3.63, 3.8) is 0 Å². The van der Waals surface area contributed by atoms with Crippen LogP contribution in [-0.4, -0.2) is 41.5 Å². The summed E-state index contributed by atoms with van der Waals surface area (Å²) in [5.74, 6) is -0.317. The number of halogens is 2. The second-order valence-electron chi connectivity index (χ2n) is 5.75. The summed E-state index contributed by atoms with van der Waals surface area (Å²) < 4.78 is 18.5. The number of hydrogen-bond acceptors (Lipinski definition) is 3. The Kier molecular flexibility index (Phi) is 4.71. The van der Waals surface area contributed by atoms with Gasteiger partial charge in [-0.05, 0) is 43.0 Å². The van der Waals surface area contributed by atoms with Crippen molar-refractivity contribution in [3.05, 3.63) is 23.8 Å². The number of piperidine rings is 1. The highest BCUT2D eigenvalue weighted by molar-refractivity contribution is 6.29. The van der Waals surface area contributed by atoms with Crippen molar-refractivity contribution in [3.8, 4) is 5.75 Å². The van der Waals surface area contributed by atoms with Crippen LogP contribution in [0.5, 0.6) is 5.75 Å². The number of ether oxygens (including phenoxy) is 1. The number of likely N-dealkylation sites (tertiary alicyclic amines) is 1. The number of anilines is 1. The number of fused-ring (bicyclic) bond motifs is 1. The molecule has 3 rings (SSSR count). The number of carbonyl (C=O) groups excluding carboxylic acids is 2. The highest BCUT2D eigenvalue weighted by Gasteiger charge is 2.35. The minimum atomic E-state index is -2.11. The fourth-order valence-corrected chi connectivity index (χ4v) is 3.21. The molecule has 2 aliphatic rings. The summed E-state index contributed by atoms with van der Waals surface area (Å²) in [6.45, 7) is 0.993. The Balaban J connectivity index is 1.72. The molecule has 0 radical (unpaired) electrons. The monoisotopic (exact) mass is 340 g/mol. The van der Waals surface area contributed by atoms with Gasteiger partial charge in [0.2, 0.25) is 5.91 Å². The van der Waals surface area contributed by atoms with E-state index in [1.54, 1.807) is 6.07 Å². The van der Waals surface area contributed by atoms with E-state index in [-0.39, 0.29) is 5.91 Å². The van der Waals surface area contributed by atoms with E-state index >= 15 is 0 Å². The lowest BCUT2D eigenvalue weighted by molar-refractivity contribution is -0.142. The van der Waals surface area contributed by atoms with Crippen molar-refractivity contribution in [2.45, 2.75) is 37.4 Å². The maximum Gasteiger partial charge on any atom is 0.273 e. The number of amides is 2. The van der Waals surface area contributed by atoms with E-state index < -0.39 is 17.6 Å². The number of alkyl halides is 2. The summed E-state index contributed by atoms with van der Waals surface area (Å²) in [6.07, 6.45) is 2.88. The van der Waals surface area contributed by atoms with Crippen molar-refractivity contribution in [1.29, 1.82) is 0 Å². The van der Waals surface area contributed by atoms with E-state index in [1.807, 2.05) is 12.1 Å². The molecule has 1 N–H and O–H groups in total. The molecule has 5 nitrogen and oxygen atoms in total. The third kappa shape index (κ3) is 3.42. The molecular weight excluding hydrogens is 323 g/mol. The Labute approximate surface area is 138 Å².